The molecule has 7 nitrogen and oxygen atoms in total. The Labute approximate surface area is 179 Å². The second-order valence-electron chi connectivity index (χ2n) is 7.77. The third-order valence-corrected chi connectivity index (χ3v) is 5.74. The molecule has 0 spiro atoms. The van der Waals surface area contributed by atoms with Crippen LogP contribution in [-0.4, -0.2) is 53.8 Å². The highest BCUT2D eigenvalue weighted by Crippen LogP contribution is 2.30. The lowest BCUT2D eigenvalue weighted by atomic mass is 10.1. The van der Waals surface area contributed by atoms with Gasteiger partial charge in [-0.05, 0) is 43.3 Å². The van der Waals surface area contributed by atoms with Crippen molar-refractivity contribution in [1.82, 2.24) is 9.80 Å². The van der Waals surface area contributed by atoms with Gasteiger partial charge in [0.15, 0.2) is 5.76 Å². The van der Waals surface area contributed by atoms with E-state index in [1.54, 1.807) is 21.9 Å². The molecule has 158 valence electrons. The number of amides is 2. The van der Waals surface area contributed by atoms with Crippen molar-refractivity contribution in [3.05, 3.63) is 66.6 Å². The molecule has 0 saturated carbocycles. The minimum atomic E-state index is -0.386. The first-order valence-electron chi connectivity index (χ1n) is 10.4. The van der Waals surface area contributed by atoms with Crippen LogP contribution in [0.3, 0.4) is 0 Å². The average Bonchev–Trinajstić information content (AvgIpc) is 3.46. The number of furan rings is 2. The molecule has 1 aliphatic rings. The molecule has 3 heterocycles. The molecule has 0 bridgehead atoms. The number of hydrogen-bond acceptors (Lipinski definition) is 5. The zero-order chi connectivity index (χ0) is 21.4. The molecule has 4 aromatic rings. The van der Waals surface area contributed by atoms with Crippen LogP contribution in [0, 0.1) is 0 Å². The van der Waals surface area contributed by atoms with Crippen LogP contribution in [-0.2, 0) is 4.79 Å². The van der Waals surface area contributed by atoms with E-state index in [0.717, 1.165) is 27.6 Å². The molecule has 31 heavy (non-hydrogen) atoms. The summed E-state index contributed by atoms with van der Waals surface area (Å²) in [5.74, 6) is 0.211. The summed E-state index contributed by atoms with van der Waals surface area (Å²) in [4.78, 5) is 28.9. The molecule has 0 aliphatic carbocycles. The van der Waals surface area contributed by atoms with Crippen molar-refractivity contribution < 1.29 is 18.4 Å². The molecule has 7 heteroatoms. The maximum atomic E-state index is 13.0. The van der Waals surface area contributed by atoms with E-state index in [0.29, 0.717) is 31.9 Å². The first-order chi connectivity index (χ1) is 15.1. The highest BCUT2D eigenvalue weighted by Gasteiger charge is 2.28. The third kappa shape index (κ3) is 3.63. The van der Waals surface area contributed by atoms with Crippen molar-refractivity contribution in [2.45, 2.75) is 13.0 Å². The van der Waals surface area contributed by atoms with Crippen LogP contribution in [0.1, 0.15) is 17.5 Å². The smallest absolute Gasteiger partial charge is 0.289 e. The van der Waals surface area contributed by atoms with Crippen LogP contribution in [0.4, 0.5) is 5.69 Å². The number of nitrogens with zero attached hydrogens (tertiary/aromatic N) is 2. The summed E-state index contributed by atoms with van der Waals surface area (Å²) in [6, 6.07) is 16.8. The van der Waals surface area contributed by atoms with Crippen LogP contribution in [0.15, 0.2) is 69.7 Å². The molecule has 2 aromatic carbocycles. The molecular formula is C24H23N3O4. The number of nitrogens with one attached hydrogen (secondary N) is 1. The fraction of sp³-hybridized carbons (Fsp3) is 0.250. The standard InChI is InChI=1S/C24H23N3O4/c1-16(23(28)26-10-12-27(13-11-26)24(29)22-7-4-14-30-22)25-17-8-9-21-19(15-17)18-5-2-3-6-20(18)31-21/h2-9,14-16,25H,10-13H2,1H3/t16-/m0/s1. The predicted octanol–water partition coefficient (Wildman–Crippen LogP) is 3.96. The van der Waals surface area contributed by atoms with Crippen molar-refractivity contribution in [3.8, 4) is 0 Å². The van der Waals surface area contributed by atoms with Crippen molar-refractivity contribution in [2.75, 3.05) is 31.5 Å². The number of para-hydroxylation sites is 1. The van der Waals surface area contributed by atoms with Crippen LogP contribution in [0.2, 0.25) is 0 Å². The zero-order valence-corrected chi connectivity index (χ0v) is 17.2. The number of fused-ring (bicyclic) bond motifs is 3. The van der Waals surface area contributed by atoms with Gasteiger partial charge in [0, 0.05) is 42.6 Å². The summed E-state index contributed by atoms with van der Waals surface area (Å²) in [5.41, 5.74) is 2.54. The minimum absolute atomic E-state index is 0.0160. The SMILES string of the molecule is C[C@H](Nc1ccc2oc3ccccc3c2c1)C(=O)N1CCN(C(=O)c2ccco2)CC1. The largest absolute Gasteiger partial charge is 0.459 e. The van der Waals surface area contributed by atoms with E-state index in [2.05, 4.69) is 5.32 Å². The van der Waals surface area contributed by atoms with Crippen molar-refractivity contribution in [3.63, 3.8) is 0 Å². The molecule has 0 unspecified atom stereocenters. The fourth-order valence-electron chi connectivity index (χ4n) is 4.09. The Morgan fingerprint density at radius 3 is 2.42 bits per heavy atom. The highest BCUT2D eigenvalue weighted by atomic mass is 16.3. The third-order valence-electron chi connectivity index (χ3n) is 5.74. The fourth-order valence-corrected chi connectivity index (χ4v) is 4.09. The predicted molar refractivity (Wildman–Crippen MR) is 118 cm³/mol. The van der Waals surface area contributed by atoms with E-state index < -0.39 is 0 Å². The molecule has 1 aliphatic heterocycles. The minimum Gasteiger partial charge on any atom is -0.459 e. The maximum absolute atomic E-state index is 13.0. The van der Waals surface area contributed by atoms with Gasteiger partial charge in [-0.15, -0.1) is 0 Å². The van der Waals surface area contributed by atoms with Gasteiger partial charge in [-0.2, -0.15) is 0 Å². The number of anilines is 1. The summed E-state index contributed by atoms with van der Waals surface area (Å²) < 4.78 is 11.1. The van der Waals surface area contributed by atoms with Gasteiger partial charge in [-0.25, -0.2) is 0 Å². The monoisotopic (exact) mass is 417 g/mol. The van der Waals surface area contributed by atoms with Crippen molar-refractivity contribution >= 4 is 39.4 Å². The molecule has 1 atom stereocenters. The Balaban J connectivity index is 1.23. The van der Waals surface area contributed by atoms with Crippen LogP contribution in [0.25, 0.3) is 21.9 Å². The van der Waals surface area contributed by atoms with E-state index in [1.807, 2.05) is 49.4 Å². The van der Waals surface area contributed by atoms with Crippen LogP contribution < -0.4 is 5.32 Å². The van der Waals surface area contributed by atoms with E-state index in [1.165, 1.54) is 6.26 Å². The van der Waals surface area contributed by atoms with Crippen LogP contribution >= 0.6 is 0 Å². The number of piperazine rings is 1. The molecule has 2 aromatic heterocycles. The second-order valence-corrected chi connectivity index (χ2v) is 7.77. The Bertz CT molecular complexity index is 1240. The Hall–Kier alpha value is -3.74. The maximum Gasteiger partial charge on any atom is 0.289 e. The zero-order valence-electron chi connectivity index (χ0n) is 17.2. The number of hydrogen-bond donors (Lipinski definition) is 1. The molecule has 0 radical (unpaired) electrons. The molecular weight excluding hydrogens is 394 g/mol. The van der Waals surface area contributed by atoms with Crippen molar-refractivity contribution in [1.29, 1.82) is 0 Å². The van der Waals surface area contributed by atoms with Gasteiger partial charge in [0.2, 0.25) is 5.91 Å². The molecule has 1 fully saturated rings. The van der Waals surface area contributed by atoms with E-state index in [4.69, 9.17) is 8.83 Å². The quantitative estimate of drug-likeness (QED) is 0.544. The molecule has 1 N–H and O–H groups in total. The Kier molecular flexibility index (Phi) is 4.86. The average molecular weight is 417 g/mol. The number of benzene rings is 2. The van der Waals surface area contributed by atoms with E-state index >= 15 is 0 Å². The molecule has 1 saturated heterocycles. The normalized spacial score (nSPS) is 15.4. The second kappa shape index (κ2) is 7.83. The molecule has 2 amide bonds. The Morgan fingerprint density at radius 2 is 1.65 bits per heavy atom. The first-order valence-corrected chi connectivity index (χ1v) is 10.4. The number of rotatable bonds is 4. The number of carbonyl (C=O) groups is 2. The van der Waals surface area contributed by atoms with Gasteiger partial charge in [0.25, 0.3) is 5.91 Å². The summed E-state index contributed by atoms with van der Waals surface area (Å²) in [7, 11) is 0. The summed E-state index contributed by atoms with van der Waals surface area (Å²) >= 11 is 0. The van der Waals surface area contributed by atoms with Crippen molar-refractivity contribution in [2.24, 2.45) is 0 Å². The first kappa shape index (κ1) is 19.2. The summed E-state index contributed by atoms with van der Waals surface area (Å²) in [5, 5.41) is 5.39. The lowest BCUT2D eigenvalue weighted by Gasteiger charge is -2.35. The van der Waals surface area contributed by atoms with Gasteiger partial charge in [0.05, 0.1) is 6.26 Å². The van der Waals surface area contributed by atoms with Gasteiger partial charge in [-0.1, -0.05) is 18.2 Å². The summed E-state index contributed by atoms with van der Waals surface area (Å²) in [6.45, 7) is 3.85. The highest BCUT2D eigenvalue weighted by molar-refractivity contribution is 6.06. The van der Waals surface area contributed by atoms with Crippen LogP contribution in [0.5, 0.6) is 0 Å². The van der Waals surface area contributed by atoms with Gasteiger partial charge >= 0.3 is 0 Å². The lowest BCUT2D eigenvalue weighted by molar-refractivity contribution is -0.133. The van der Waals surface area contributed by atoms with Gasteiger partial charge in [-0.3, -0.25) is 9.59 Å². The number of carbonyl (C=O) groups excluding carboxylic acids is 2. The van der Waals surface area contributed by atoms with E-state index in [9.17, 15) is 9.59 Å². The van der Waals surface area contributed by atoms with E-state index in [-0.39, 0.29) is 17.9 Å². The lowest BCUT2D eigenvalue weighted by Crippen LogP contribution is -2.53. The molecule has 5 rings (SSSR count). The Morgan fingerprint density at radius 1 is 0.903 bits per heavy atom. The van der Waals surface area contributed by atoms with Gasteiger partial charge < -0.3 is 24.0 Å². The van der Waals surface area contributed by atoms with Gasteiger partial charge in [0.1, 0.15) is 17.2 Å². The topological polar surface area (TPSA) is 78.9 Å². The summed E-state index contributed by atoms with van der Waals surface area (Å²) in [6.07, 6.45) is 1.49.